The number of carbonyl (C=O) groups is 1. The molecule has 0 saturated heterocycles. The van der Waals surface area contributed by atoms with Gasteiger partial charge in [-0.05, 0) is 37.3 Å². The van der Waals surface area contributed by atoms with Crippen molar-refractivity contribution in [1.82, 2.24) is 0 Å². The second-order valence-corrected chi connectivity index (χ2v) is 4.77. The Balaban J connectivity index is 2.15. The van der Waals surface area contributed by atoms with E-state index in [0.29, 0.717) is 0 Å². The molecule has 0 aliphatic heterocycles. The van der Waals surface area contributed by atoms with Crippen molar-refractivity contribution in [2.45, 2.75) is 13.5 Å². The maximum atomic E-state index is 11.3. The van der Waals surface area contributed by atoms with E-state index in [4.69, 9.17) is 4.74 Å². The van der Waals surface area contributed by atoms with Crippen LogP contribution in [0.3, 0.4) is 0 Å². The Morgan fingerprint density at radius 3 is 2.35 bits per heavy atom. The van der Waals surface area contributed by atoms with Crippen molar-refractivity contribution in [2.24, 2.45) is 0 Å². The number of Topliss-reactive ketones (excluding diaryl/α,β-unsaturated/α-hetero) is 1. The topological polar surface area (TPSA) is 29.5 Å². The molecule has 0 radical (unpaired) electrons. The lowest BCUT2D eigenvalue weighted by atomic mass is 10.1. The van der Waals surface area contributed by atoms with Gasteiger partial charge in [0.25, 0.3) is 0 Å². The van der Waals surface area contributed by atoms with Crippen LogP contribution < -0.4 is 9.64 Å². The average Bonchev–Trinajstić information content (AvgIpc) is 2.48. The molecule has 0 spiro atoms. The van der Waals surface area contributed by atoms with Crippen LogP contribution in [0.5, 0.6) is 5.75 Å². The van der Waals surface area contributed by atoms with Crippen LogP contribution in [0.2, 0.25) is 0 Å². The number of hydrogen-bond acceptors (Lipinski definition) is 3. The maximum Gasteiger partial charge on any atom is 0.159 e. The summed E-state index contributed by atoms with van der Waals surface area (Å²) in [6.45, 7) is 2.33. The number of ketones is 1. The summed E-state index contributed by atoms with van der Waals surface area (Å²) in [5.41, 5.74) is 2.94. The highest BCUT2D eigenvalue weighted by molar-refractivity contribution is 5.94. The molecule has 2 aromatic rings. The van der Waals surface area contributed by atoms with Crippen molar-refractivity contribution in [2.75, 3.05) is 19.1 Å². The number of methoxy groups -OCH3 is 1. The lowest BCUT2D eigenvalue weighted by Gasteiger charge is -2.21. The largest absolute Gasteiger partial charge is 0.496 e. The molecule has 0 bridgehead atoms. The first-order chi connectivity index (χ1) is 9.61. The Morgan fingerprint density at radius 1 is 1.10 bits per heavy atom. The van der Waals surface area contributed by atoms with Crippen molar-refractivity contribution in [3.63, 3.8) is 0 Å². The van der Waals surface area contributed by atoms with Crippen molar-refractivity contribution < 1.29 is 9.53 Å². The molecule has 0 aliphatic rings. The molecule has 2 rings (SSSR count). The van der Waals surface area contributed by atoms with Crippen LogP contribution in [0.15, 0.2) is 48.5 Å². The zero-order valence-corrected chi connectivity index (χ0v) is 12.1. The van der Waals surface area contributed by atoms with Gasteiger partial charge in [-0.15, -0.1) is 0 Å². The van der Waals surface area contributed by atoms with Gasteiger partial charge in [0.2, 0.25) is 0 Å². The predicted octanol–water partition coefficient (Wildman–Crippen LogP) is 3.53. The highest BCUT2D eigenvalue weighted by Crippen LogP contribution is 2.22. The van der Waals surface area contributed by atoms with Gasteiger partial charge in [0, 0.05) is 30.4 Å². The third-order valence-corrected chi connectivity index (χ3v) is 3.31. The smallest absolute Gasteiger partial charge is 0.159 e. The quantitative estimate of drug-likeness (QED) is 0.778. The zero-order chi connectivity index (χ0) is 14.5. The van der Waals surface area contributed by atoms with Gasteiger partial charge in [-0.25, -0.2) is 0 Å². The monoisotopic (exact) mass is 269 g/mol. The van der Waals surface area contributed by atoms with E-state index >= 15 is 0 Å². The predicted molar refractivity (Wildman–Crippen MR) is 81.5 cm³/mol. The summed E-state index contributed by atoms with van der Waals surface area (Å²) < 4.78 is 5.36. The van der Waals surface area contributed by atoms with E-state index in [1.54, 1.807) is 14.0 Å². The second kappa shape index (κ2) is 6.24. The van der Waals surface area contributed by atoms with Crippen LogP contribution in [0.1, 0.15) is 22.8 Å². The highest BCUT2D eigenvalue weighted by Gasteiger charge is 2.07. The fraction of sp³-hybridized carbons (Fsp3) is 0.235. The van der Waals surface area contributed by atoms with E-state index in [0.717, 1.165) is 29.1 Å². The number of rotatable bonds is 5. The standard InChI is InChI=1S/C17H19NO2/c1-13(19)14-8-10-16(11-9-14)18(2)12-15-6-4-5-7-17(15)20-3/h4-11H,12H2,1-3H3. The van der Waals surface area contributed by atoms with E-state index in [2.05, 4.69) is 11.0 Å². The molecule has 0 heterocycles. The molecule has 104 valence electrons. The first-order valence-corrected chi connectivity index (χ1v) is 6.56. The minimum Gasteiger partial charge on any atom is -0.496 e. The number of nitrogens with zero attached hydrogens (tertiary/aromatic N) is 1. The van der Waals surface area contributed by atoms with Crippen LogP contribution in [-0.4, -0.2) is 19.9 Å². The molecule has 0 N–H and O–H groups in total. The van der Waals surface area contributed by atoms with Crippen LogP contribution >= 0.6 is 0 Å². The molecular formula is C17H19NO2. The van der Waals surface area contributed by atoms with E-state index in [9.17, 15) is 4.79 Å². The van der Waals surface area contributed by atoms with E-state index in [-0.39, 0.29) is 5.78 Å². The Kier molecular flexibility index (Phi) is 4.41. The summed E-state index contributed by atoms with van der Waals surface area (Å²) in [4.78, 5) is 13.4. The number of hydrogen-bond donors (Lipinski definition) is 0. The van der Waals surface area contributed by atoms with Gasteiger partial charge in [0.05, 0.1) is 7.11 Å². The van der Waals surface area contributed by atoms with Gasteiger partial charge in [0.1, 0.15) is 5.75 Å². The third-order valence-electron chi connectivity index (χ3n) is 3.31. The molecule has 0 aromatic heterocycles. The van der Waals surface area contributed by atoms with E-state index in [1.165, 1.54) is 0 Å². The molecule has 0 saturated carbocycles. The molecule has 2 aromatic carbocycles. The maximum absolute atomic E-state index is 11.3. The van der Waals surface area contributed by atoms with Gasteiger partial charge >= 0.3 is 0 Å². The lowest BCUT2D eigenvalue weighted by Crippen LogP contribution is -2.16. The van der Waals surface area contributed by atoms with Gasteiger partial charge in [0.15, 0.2) is 5.78 Å². The SMILES string of the molecule is COc1ccccc1CN(C)c1ccc(C(C)=O)cc1. The summed E-state index contributed by atoms with van der Waals surface area (Å²) in [6.07, 6.45) is 0. The van der Waals surface area contributed by atoms with Gasteiger partial charge in [-0.2, -0.15) is 0 Å². The molecular weight excluding hydrogens is 250 g/mol. The highest BCUT2D eigenvalue weighted by atomic mass is 16.5. The molecule has 0 atom stereocenters. The summed E-state index contributed by atoms with van der Waals surface area (Å²) >= 11 is 0. The number of para-hydroxylation sites is 1. The van der Waals surface area contributed by atoms with Crippen molar-refractivity contribution in [3.05, 3.63) is 59.7 Å². The Morgan fingerprint density at radius 2 is 1.75 bits per heavy atom. The first kappa shape index (κ1) is 14.1. The summed E-state index contributed by atoms with van der Waals surface area (Å²) in [5.74, 6) is 0.976. The summed E-state index contributed by atoms with van der Waals surface area (Å²) in [5, 5.41) is 0. The molecule has 3 nitrogen and oxygen atoms in total. The van der Waals surface area contributed by atoms with Crippen molar-refractivity contribution in [1.29, 1.82) is 0 Å². The van der Waals surface area contributed by atoms with Gasteiger partial charge < -0.3 is 9.64 Å². The zero-order valence-electron chi connectivity index (χ0n) is 12.1. The van der Waals surface area contributed by atoms with E-state index < -0.39 is 0 Å². The van der Waals surface area contributed by atoms with Gasteiger partial charge in [-0.1, -0.05) is 18.2 Å². The molecule has 0 amide bonds. The number of ether oxygens (including phenoxy) is 1. The average molecular weight is 269 g/mol. The summed E-state index contributed by atoms with van der Waals surface area (Å²) in [7, 11) is 3.70. The number of benzene rings is 2. The third kappa shape index (κ3) is 3.18. The molecule has 0 unspecified atom stereocenters. The molecule has 20 heavy (non-hydrogen) atoms. The van der Waals surface area contributed by atoms with E-state index in [1.807, 2.05) is 49.5 Å². The van der Waals surface area contributed by atoms with Gasteiger partial charge in [-0.3, -0.25) is 4.79 Å². The number of anilines is 1. The minimum absolute atomic E-state index is 0.0870. The fourth-order valence-electron chi connectivity index (χ4n) is 2.13. The number of carbonyl (C=O) groups excluding carboxylic acids is 1. The molecule has 3 heteroatoms. The van der Waals surface area contributed by atoms with Crippen LogP contribution in [0, 0.1) is 0 Å². The fourth-order valence-corrected chi connectivity index (χ4v) is 2.13. The molecule has 0 aliphatic carbocycles. The Bertz CT molecular complexity index is 590. The van der Waals surface area contributed by atoms with Crippen LogP contribution in [-0.2, 0) is 6.54 Å². The van der Waals surface area contributed by atoms with Crippen molar-refractivity contribution in [3.8, 4) is 5.75 Å². The second-order valence-electron chi connectivity index (χ2n) is 4.77. The van der Waals surface area contributed by atoms with Crippen LogP contribution in [0.4, 0.5) is 5.69 Å². The molecule has 0 fully saturated rings. The van der Waals surface area contributed by atoms with Crippen molar-refractivity contribution >= 4 is 11.5 Å². The van der Waals surface area contributed by atoms with Crippen LogP contribution in [0.25, 0.3) is 0 Å². The lowest BCUT2D eigenvalue weighted by molar-refractivity contribution is 0.101. The Labute approximate surface area is 119 Å². The minimum atomic E-state index is 0.0870. The summed E-state index contributed by atoms with van der Waals surface area (Å²) in [6, 6.07) is 15.6. The first-order valence-electron chi connectivity index (χ1n) is 6.56. The normalized spacial score (nSPS) is 10.2. The Hall–Kier alpha value is -2.29.